The van der Waals surface area contributed by atoms with Gasteiger partial charge in [0.2, 0.25) is 0 Å². The first-order valence-corrected chi connectivity index (χ1v) is 4.10. The maximum atomic E-state index is 11.7. The highest BCUT2D eigenvalue weighted by Gasteiger charge is 2.32. The molecule has 0 atom stereocenters. The van der Waals surface area contributed by atoms with Crippen molar-refractivity contribution in [2.24, 2.45) is 0 Å². The molecule has 1 rings (SSSR count). The number of halogens is 4. The Hall–Kier alpha value is -0.450. The van der Waals surface area contributed by atoms with Gasteiger partial charge in [0, 0.05) is 0 Å². The van der Waals surface area contributed by atoms with Crippen molar-refractivity contribution in [1.29, 1.82) is 0 Å². The summed E-state index contributed by atoms with van der Waals surface area (Å²) in [6.07, 6.45) is -0.208. The van der Waals surface area contributed by atoms with Gasteiger partial charge in [-0.25, -0.2) is 0 Å². The van der Waals surface area contributed by atoms with E-state index in [2.05, 4.69) is 20.7 Å². The van der Waals surface area contributed by atoms with Crippen molar-refractivity contribution in [2.75, 3.05) is 0 Å². The van der Waals surface area contributed by atoms with Crippen LogP contribution in [0.2, 0.25) is 0 Å². The van der Waals surface area contributed by atoms with Crippen LogP contribution in [0.3, 0.4) is 0 Å². The maximum absolute atomic E-state index is 11.7. The van der Waals surface area contributed by atoms with E-state index in [-0.39, 0.29) is 5.76 Å². The average Bonchev–Trinajstić information content (AvgIpc) is 1.91. The second-order valence-electron chi connectivity index (χ2n) is 2.25. The third-order valence-electron chi connectivity index (χ3n) is 1.28. The molecule has 0 fully saturated rings. The molecule has 0 unspecified atom stereocenters. The van der Waals surface area contributed by atoms with Crippen molar-refractivity contribution in [3.63, 3.8) is 0 Å². The summed E-state index contributed by atoms with van der Waals surface area (Å²) < 4.78 is 39.2. The summed E-state index contributed by atoms with van der Waals surface area (Å²) in [5, 5.41) is 0. The van der Waals surface area contributed by atoms with Crippen LogP contribution in [0.1, 0.15) is 12.8 Å². The van der Waals surface area contributed by atoms with E-state index in [4.69, 9.17) is 0 Å². The van der Waals surface area contributed by atoms with E-state index in [1.165, 1.54) is 6.08 Å². The predicted octanol–water partition coefficient (Wildman–Crippen LogP) is 3.48. The van der Waals surface area contributed by atoms with Gasteiger partial charge in [-0.1, -0.05) is 6.08 Å². The highest BCUT2D eigenvalue weighted by molar-refractivity contribution is 9.11. The number of hydrogen-bond acceptors (Lipinski definition) is 1. The second-order valence-corrected chi connectivity index (χ2v) is 3.10. The van der Waals surface area contributed by atoms with Gasteiger partial charge in [-0.15, -0.1) is 13.2 Å². The fourth-order valence-electron chi connectivity index (χ4n) is 0.838. The third-order valence-corrected chi connectivity index (χ3v) is 2.00. The van der Waals surface area contributed by atoms with Gasteiger partial charge in [0.1, 0.15) is 5.76 Å². The molecule has 0 heterocycles. The Morgan fingerprint density at radius 3 is 2.33 bits per heavy atom. The zero-order valence-electron chi connectivity index (χ0n) is 5.99. The molecule has 68 valence electrons. The number of rotatable bonds is 1. The standard InChI is InChI=1S/C7H6BrF3O/c8-5-3-1-2-4-6(5)12-7(9,10)11/h3-4H,1-2H2. The van der Waals surface area contributed by atoms with Gasteiger partial charge in [0.25, 0.3) is 0 Å². The van der Waals surface area contributed by atoms with Crippen molar-refractivity contribution in [1.82, 2.24) is 0 Å². The second kappa shape index (κ2) is 3.51. The average molecular weight is 243 g/mol. The lowest BCUT2D eigenvalue weighted by molar-refractivity contribution is -0.303. The molecule has 0 aliphatic heterocycles. The van der Waals surface area contributed by atoms with Crippen molar-refractivity contribution < 1.29 is 17.9 Å². The topological polar surface area (TPSA) is 9.23 Å². The van der Waals surface area contributed by atoms with E-state index >= 15 is 0 Å². The predicted molar refractivity (Wildman–Crippen MR) is 41.5 cm³/mol. The van der Waals surface area contributed by atoms with Crippen LogP contribution in [0.15, 0.2) is 22.4 Å². The normalized spacial score (nSPS) is 18.3. The van der Waals surface area contributed by atoms with Gasteiger partial charge in [-0.3, -0.25) is 0 Å². The highest BCUT2D eigenvalue weighted by Crippen LogP contribution is 2.30. The van der Waals surface area contributed by atoms with Crippen LogP contribution in [0.25, 0.3) is 0 Å². The lowest BCUT2D eigenvalue weighted by Gasteiger charge is -2.14. The first kappa shape index (κ1) is 9.64. The van der Waals surface area contributed by atoms with Gasteiger partial charge in [0.15, 0.2) is 0 Å². The molecule has 1 aliphatic rings. The molecule has 0 saturated carbocycles. The van der Waals surface area contributed by atoms with Crippen LogP contribution >= 0.6 is 15.9 Å². The van der Waals surface area contributed by atoms with Crippen LogP contribution in [-0.2, 0) is 4.74 Å². The summed E-state index contributed by atoms with van der Waals surface area (Å²) in [5.74, 6) is -0.145. The molecule has 0 bridgehead atoms. The van der Waals surface area contributed by atoms with Crippen molar-refractivity contribution in [3.8, 4) is 0 Å². The van der Waals surface area contributed by atoms with E-state index in [1.54, 1.807) is 6.08 Å². The van der Waals surface area contributed by atoms with Crippen LogP contribution in [0, 0.1) is 0 Å². The monoisotopic (exact) mass is 242 g/mol. The molecule has 0 aromatic heterocycles. The molecule has 0 aromatic carbocycles. The van der Waals surface area contributed by atoms with E-state index in [1.807, 2.05) is 0 Å². The van der Waals surface area contributed by atoms with Crippen molar-refractivity contribution >= 4 is 15.9 Å². The molecular weight excluding hydrogens is 237 g/mol. The molecule has 1 aliphatic carbocycles. The molecule has 0 radical (unpaired) electrons. The van der Waals surface area contributed by atoms with Crippen LogP contribution in [0.5, 0.6) is 0 Å². The number of alkyl halides is 3. The lowest BCUT2D eigenvalue weighted by Crippen LogP contribution is -2.13. The minimum Gasteiger partial charge on any atom is -0.405 e. The van der Waals surface area contributed by atoms with E-state index < -0.39 is 6.36 Å². The van der Waals surface area contributed by atoms with Gasteiger partial charge in [0.05, 0.1) is 4.48 Å². The minimum absolute atomic E-state index is 0.145. The Bertz CT molecular complexity index is 229. The largest absolute Gasteiger partial charge is 0.573 e. The Morgan fingerprint density at radius 2 is 1.83 bits per heavy atom. The minimum atomic E-state index is -4.60. The summed E-state index contributed by atoms with van der Waals surface area (Å²) in [6, 6.07) is 0. The molecular formula is C7H6BrF3O. The zero-order chi connectivity index (χ0) is 9.19. The molecule has 0 saturated heterocycles. The van der Waals surface area contributed by atoms with Gasteiger partial charge >= 0.3 is 6.36 Å². The molecule has 1 nitrogen and oxygen atoms in total. The molecule has 0 amide bonds. The Labute approximate surface area is 76.0 Å². The van der Waals surface area contributed by atoms with Crippen LogP contribution in [0.4, 0.5) is 13.2 Å². The third kappa shape index (κ3) is 2.89. The first-order chi connectivity index (χ1) is 5.49. The number of hydrogen-bond donors (Lipinski definition) is 0. The summed E-state index contributed by atoms with van der Waals surface area (Å²) in [5.41, 5.74) is 0. The lowest BCUT2D eigenvalue weighted by atomic mass is 10.2. The fourth-order valence-corrected chi connectivity index (χ4v) is 1.31. The SMILES string of the molecule is FC(F)(F)OC1=CCCC=C1Br. The number of ether oxygens (including phenoxy) is 1. The molecule has 0 aromatic rings. The molecule has 0 N–H and O–H groups in total. The summed E-state index contributed by atoms with van der Waals surface area (Å²) in [6.45, 7) is 0. The van der Waals surface area contributed by atoms with Crippen molar-refractivity contribution in [2.45, 2.75) is 19.2 Å². The van der Waals surface area contributed by atoms with Crippen molar-refractivity contribution in [3.05, 3.63) is 22.4 Å². The highest BCUT2D eigenvalue weighted by atomic mass is 79.9. The fraction of sp³-hybridized carbons (Fsp3) is 0.429. The summed E-state index contributed by atoms with van der Waals surface area (Å²) >= 11 is 2.98. The number of allylic oxidation sites excluding steroid dienone is 3. The Morgan fingerprint density at radius 1 is 1.25 bits per heavy atom. The summed E-state index contributed by atoms with van der Waals surface area (Å²) in [4.78, 5) is 0. The first-order valence-electron chi connectivity index (χ1n) is 3.31. The van der Waals surface area contributed by atoms with E-state index in [0.717, 1.165) is 6.42 Å². The molecule has 5 heteroatoms. The molecule has 0 spiro atoms. The van der Waals surface area contributed by atoms with Gasteiger partial charge in [-0.2, -0.15) is 0 Å². The summed E-state index contributed by atoms with van der Waals surface area (Å²) in [7, 11) is 0. The maximum Gasteiger partial charge on any atom is 0.573 e. The van der Waals surface area contributed by atoms with Crippen LogP contribution < -0.4 is 0 Å². The molecule has 12 heavy (non-hydrogen) atoms. The quantitative estimate of drug-likeness (QED) is 0.685. The van der Waals surface area contributed by atoms with E-state index in [9.17, 15) is 13.2 Å². The zero-order valence-corrected chi connectivity index (χ0v) is 7.58. The smallest absolute Gasteiger partial charge is 0.405 e. The van der Waals surface area contributed by atoms with Gasteiger partial charge < -0.3 is 4.74 Å². The van der Waals surface area contributed by atoms with Gasteiger partial charge in [-0.05, 0) is 34.8 Å². The van der Waals surface area contributed by atoms with E-state index in [0.29, 0.717) is 10.9 Å². The Balaban J connectivity index is 2.64. The Kier molecular flexibility index (Phi) is 2.82. The van der Waals surface area contributed by atoms with Crippen LogP contribution in [-0.4, -0.2) is 6.36 Å².